The average molecular weight is 405 g/mol. The number of hydrogen-bond acceptors (Lipinski definition) is 4. The molecule has 0 aliphatic heterocycles. The van der Waals surface area contributed by atoms with E-state index in [1.54, 1.807) is 23.1 Å². The smallest absolute Gasteiger partial charge is 0.222 e. The van der Waals surface area contributed by atoms with Gasteiger partial charge in [0.25, 0.3) is 0 Å². The summed E-state index contributed by atoms with van der Waals surface area (Å²) in [5.41, 5.74) is 0. The quantitative estimate of drug-likeness (QED) is 0.594. The zero-order chi connectivity index (χ0) is 19.5. The van der Waals surface area contributed by atoms with E-state index in [0.29, 0.717) is 36.7 Å². The molecule has 8 heteroatoms. The van der Waals surface area contributed by atoms with E-state index in [1.165, 1.54) is 0 Å². The summed E-state index contributed by atoms with van der Waals surface area (Å²) in [6, 6.07) is 4.97. The normalized spacial score (nSPS) is 11.7. The fourth-order valence-corrected chi connectivity index (χ4v) is 2.64. The number of carbonyl (C=O) groups excluding carboxylic acids is 2. The molecule has 0 fully saturated rings. The first-order chi connectivity index (χ1) is 12.4. The molecule has 0 aliphatic carbocycles. The van der Waals surface area contributed by atoms with Crippen molar-refractivity contribution in [1.82, 2.24) is 10.2 Å². The molecule has 26 heavy (non-hydrogen) atoms. The minimum Gasteiger partial charge on any atom is -0.489 e. The maximum atomic E-state index is 11.8. The third kappa shape index (κ3) is 7.81. The van der Waals surface area contributed by atoms with E-state index in [9.17, 15) is 14.7 Å². The van der Waals surface area contributed by atoms with Crippen molar-refractivity contribution in [2.24, 2.45) is 0 Å². The zero-order valence-electron chi connectivity index (χ0n) is 15.1. The molecule has 1 rings (SSSR count). The molecular formula is C18H26Cl2N2O4. The van der Waals surface area contributed by atoms with Crippen LogP contribution in [0.5, 0.6) is 5.75 Å². The van der Waals surface area contributed by atoms with Crippen LogP contribution in [0, 0.1) is 0 Å². The summed E-state index contributed by atoms with van der Waals surface area (Å²) in [6.07, 6.45) is 0.173. The number of hydrogen-bond donors (Lipinski definition) is 2. The summed E-state index contributed by atoms with van der Waals surface area (Å²) < 4.78 is 5.41. The second-order valence-corrected chi connectivity index (χ2v) is 6.53. The van der Waals surface area contributed by atoms with Crippen molar-refractivity contribution in [2.75, 3.05) is 26.2 Å². The maximum absolute atomic E-state index is 11.8. The van der Waals surface area contributed by atoms with Gasteiger partial charge in [-0.25, -0.2) is 0 Å². The molecule has 0 radical (unpaired) electrons. The molecule has 0 bridgehead atoms. The van der Waals surface area contributed by atoms with Crippen molar-refractivity contribution in [1.29, 1.82) is 0 Å². The van der Waals surface area contributed by atoms with Crippen molar-refractivity contribution in [3.8, 4) is 5.75 Å². The molecule has 0 heterocycles. The van der Waals surface area contributed by atoms with E-state index in [-0.39, 0.29) is 36.4 Å². The molecule has 0 saturated carbocycles. The molecule has 2 amide bonds. The van der Waals surface area contributed by atoms with Crippen molar-refractivity contribution in [3.05, 3.63) is 28.2 Å². The number of halogens is 2. The summed E-state index contributed by atoms with van der Waals surface area (Å²) in [6.45, 7) is 5.22. The lowest BCUT2D eigenvalue weighted by molar-refractivity contribution is -0.131. The highest BCUT2D eigenvalue weighted by Crippen LogP contribution is 2.31. The third-order valence-corrected chi connectivity index (χ3v) is 4.59. The van der Waals surface area contributed by atoms with E-state index in [1.807, 2.05) is 13.8 Å². The number of carbonyl (C=O) groups is 2. The minimum atomic E-state index is -0.883. The average Bonchev–Trinajstić information content (AvgIpc) is 2.62. The van der Waals surface area contributed by atoms with E-state index < -0.39 is 6.10 Å². The van der Waals surface area contributed by atoms with Gasteiger partial charge in [0.2, 0.25) is 11.8 Å². The Kier molecular flexibility index (Phi) is 10.4. The number of benzene rings is 1. The maximum Gasteiger partial charge on any atom is 0.222 e. The number of nitrogens with zero attached hydrogens (tertiary/aromatic N) is 1. The molecule has 0 saturated heterocycles. The van der Waals surface area contributed by atoms with Crippen LogP contribution in [0.25, 0.3) is 0 Å². The topological polar surface area (TPSA) is 78.9 Å². The van der Waals surface area contributed by atoms with Gasteiger partial charge in [0.1, 0.15) is 23.5 Å². The number of rotatable bonds is 11. The largest absolute Gasteiger partial charge is 0.489 e. The van der Waals surface area contributed by atoms with Crippen LogP contribution < -0.4 is 10.1 Å². The van der Waals surface area contributed by atoms with Crippen LogP contribution in [-0.2, 0) is 9.59 Å². The first-order valence-corrected chi connectivity index (χ1v) is 9.43. The summed E-state index contributed by atoms with van der Waals surface area (Å²) in [5.74, 6) is 0.214. The molecule has 0 aromatic heterocycles. The Balaban J connectivity index is 2.23. The molecule has 0 spiro atoms. The second-order valence-electron chi connectivity index (χ2n) is 5.74. The Morgan fingerprint density at radius 2 is 1.92 bits per heavy atom. The number of ether oxygens (including phenoxy) is 1. The lowest BCUT2D eigenvalue weighted by Gasteiger charge is -2.18. The highest BCUT2D eigenvalue weighted by Gasteiger charge is 2.12. The van der Waals surface area contributed by atoms with Crippen LogP contribution >= 0.6 is 23.2 Å². The number of aliphatic hydroxyl groups excluding tert-OH is 1. The van der Waals surface area contributed by atoms with Gasteiger partial charge in [-0.05, 0) is 32.4 Å². The van der Waals surface area contributed by atoms with Crippen LogP contribution in [0.3, 0.4) is 0 Å². The Bertz CT molecular complexity index is 595. The lowest BCUT2D eigenvalue weighted by atomic mass is 10.2. The molecule has 146 valence electrons. The van der Waals surface area contributed by atoms with E-state index in [0.717, 1.165) is 0 Å². The predicted molar refractivity (Wildman–Crippen MR) is 103 cm³/mol. The number of nitrogens with one attached hydrogen (secondary N) is 1. The summed E-state index contributed by atoms with van der Waals surface area (Å²) in [4.78, 5) is 25.4. The van der Waals surface area contributed by atoms with Crippen LogP contribution in [0.4, 0.5) is 0 Å². The molecule has 1 atom stereocenters. The zero-order valence-corrected chi connectivity index (χ0v) is 16.6. The fourth-order valence-electron chi connectivity index (χ4n) is 2.30. The predicted octanol–water partition coefficient (Wildman–Crippen LogP) is 2.89. The van der Waals surface area contributed by atoms with Gasteiger partial charge in [0.15, 0.2) is 0 Å². The minimum absolute atomic E-state index is 0.0270. The Labute approximate surface area is 164 Å². The van der Waals surface area contributed by atoms with E-state index >= 15 is 0 Å². The molecule has 0 aliphatic rings. The molecule has 1 aromatic rings. The van der Waals surface area contributed by atoms with Gasteiger partial charge in [-0.1, -0.05) is 29.3 Å². The van der Waals surface area contributed by atoms with Gasteiger partial charge in [-0.2, -0.15) is 0 Å². The molecule has 1 aromatic carbocycles. The molecular weight excluding hydrogens is 379 g/mol. The van der Waals surface area contributed by atoms with Crippen molar-refractivity contribution < 1.29 is 19.4 Å². The van der Waals surface area contributed by atoms with Gasteiger partial charge in [-0.3, -0.25) is 9.59 Å². The van der Waals surface area contributed by atoms with Crippen molar-refractivity contribution in [2.45, 2.75) is 39.2 Å². The first kappa shape index (κ1) is 22.5. The number of aliphatic hydroxyl groups is 1. The lowest BCUT2D eigenvalue weighted by Crippen LogP contribution is -2.35. The highest BCUT2D eigenvalue weighted by molar-refractivity contribution is 6.42. The van der Waals surface area contributed by atoms with E-state index in [4.69, 9.17) is 27.9 Å². The van der Waals surface area contributed by atoms with Crippen LogP contribution in [0.15, 0.2) is 18.2 Å². The SMILES string of the molecule is CCN(CC)C(=O)CCCC(=O)NCC(O)COc1cccc(Cl)c1Cl. The van der Waals surface area contributed by atoms with Gasteiger partial charge in [0.05, 0.1) is 5.02 Å². The summed E-state index contributed by atoms with van der Waals surface area (Å²) in [7, 11) is 0. The standard InChI is InChI=1S/C18H26Cl2N2O4/c1-3-22(4-2)17(25)10-6-9-16(24)21-11-13(23)12-26-15-8-5-7-14(19)18(15)20/h5,7-8,13,23H,3-4,6,9-12H2,1-2H3,(H,21,24). The molecule has 6 nitrogen and oxygen atoms in total. The van der Waals surface area contributed by atoms with Crippen molar-refractivity contribution >= 4 is 35.0 Å². The first-order valence-electron chi connectivity index (χ1n) is 8.68. The summed E-state index contributed by atoms with van der Waals surface area (Å²) in [5, 5.41) is 13.2. The highest BCUT2D eigenvalue weighted by atomic mass is 35.5. The van der Waals surface area contributed by atoms with Crippen molar-refractivity contribution in [3.63, 3.8) is 0 Å². The van der Waals surface area contributed by atoms with Crippen LogP contribution in [-0.4, -0.2) is 54.2 Å². The Morgan fingerprint density at radius 3 is 2.58 bits per heavy atom. The van der Waals surface area contributed by atoms with Crippen LogP contribution in [0.1, 0.15) is 33.1 Å². The Hall–Kier alpha value is -1.50. The monoisotopic (exact) mass is 404 g/mol. The fraction of sp³-hybridized carbons (Fsp3) is 0.556. The van der Waals surface area contributed by atoms with Gasteiger partial charge in [0, 0.05) is 32.5 Å². The Morgan fingerprint density at radius 1 is 1.23 bits per heavy atom. The van der Waals surface area contributed by atoms with Gasteiger partial charge in [-0.15, -0.1) is 0 Å². The van der Waals surface area contributed by atoms with Gasteiger partial charge >= 0.3 is 0 Å². The third-order valence-electron chi connectivity index (χ3n) is 3.79. The van der Waals surface area contributed by atoms with Crippen LogP contribution in [0.2, 0.25) is 10.0 Å². The summed E-state index contributed by atoms with van der Waals surface area (Å²) >= 11 is 11.9. The molecule has 2 N–H and O–H groups in total. The second kappa shape index (κ2) is 12.0. The van der Waals surface area contributed by atoms with Gasteiger partial charge < -0.3 is 20.1 Å². The number of amides is 2. The molecule has 1 unspecified atom stereocenters. The van der Waals surface area contributed by atoms with E-state index in [2.05, 4.69) is 5.32 Å².